The summed E-state index contributed by atoms with van der Waals surface area (Å²) < 4.78 is 29.4. The lowest BCUT2D eigenvalue weighted by atomic mass is 9.98. The Morgan fingerprint density at radius 3 is 2.67 bits per heavy atom. The van der Waals surface area contributed by atoms with Gasteiger partial charge in [-0.15, -0.1) is 24.0 Å². The molecule has 0 spiro atoms. The van der Waals surface area contributed by atoms with E-state index in [0.717, 1.165) is 31.0 Å². The van der Waals surface area contributed by atoms with Crippen LogP contribution in [0.5, 0.6) is 0 Å². The van der Waals surface area contributed by atoms with Crippen LogP contribution in [0, 0.1) is 5.92 Å². The Morgan fingerprint density at radius 1 is 1.50 bits per heavy atom. The van der Waals surface area contributed by atoms with Gasteiger partial charge in [0.1, 0.15) is 12.0 Å². The third-order valence-electron chi connectivity index (χ3n) is 4.06. The first kappa shape index (κ1) is 21.2. The second-order valence-electron chi connectivity index (χ2n) is 5.88. The number of sulfonamides is 1. The predicted molar refractivity (Wildman–Crippen MR) is 104 cm³/mol. The van der Waals surface area contributed by atoms with Gasteiger partial charge in [-0.2, -0.15) is 0 Å². The Balaban J connectivity index is 0.00000288. The van der Waals surface area contributed by atoms with Crippen LogP contribution in [0.1, 0.15) is 18.5 Å². The summed E-state index contributed by atoms with van der Waals surface area (Å²) in [5, 5.41) is 7.25. The molecular formula is C14H26IN5O3S. The highest BCUT2D eigenvalue weighted by molar-refractivity contribution is 14.0. The van der Waals surface area contributed by atoms with Gasteiger partial charge >= 0.3 is 0 Å². The standard InChI is InChI=1S/C14H25N5O3S.HI/c1-15-14(18(2)11-13-6-9-22-17-13)16-10-12-4-7-19(8-5-12)23(3,20)21;/h6,9,12H,4-5,7-8,10-11H2,1-3H3,(H,15,16);1H. The minimum atomic E-state index is -3.06. The maximum absolute atomic E-state index is 11.5. The number of guanidine groups is 1. The lowest BCUT2D eigenvalue weighted by molar-refractivity contribution is 0.273. The van der Waals surface area contributed by atoms with E-state index in [9.17, 15) is 8.42 Å². The number of piperidine rings is 1. The first-order chi connectivity index (χ1) is 10.9. The molecule has 0 unspecified atom stereocenters. The summed E-state index contributed by atoms with van der Waals surface area (Å²) >= 11 is 0. The fourth-order valence-corrected chi connectivity index (χ4v) is 3.58. The normalized spacial score (nSPS) is 17.4. The molecule has 1 aliphatic rings. The van der Waals surface area contributed by atoms with E-state index in [1.54, 1.807) is 17.6 Å². The van der Waals surface area contributed by atoms with Crippen molar-refractivity contribution in [3.63, 3.8) is 0 Å². The Morgan fingerprint density at radius 2 is 2.17 bits per heavy atom. The van der Waals surface area contributed by atoms with Gasteiger partial charge in [0.25, 0.3) is 0 Å². The summed E-state index contributed by atoms with van der Waals surface area (Å²) in [6, 6.07) is 1.82. The molecule has 1 fully saturated rings. The van der Waals surface area contributed by atoms with Crippen molar-refractivity contribution in [1.29, 1.82) is 0 Å². The molecule has 0 amide bonds. The molecule has 10 heteroatoms. The monoisotopic (exact) mass is 471 g/mol. The fourth-order valence-electron chi connectivity index (χ4n) is 2.70. The molecule has 1 saturated heterocycles. The molecule has 24 heavy (non-hydrogen) atoms. The minimum absolute atomic E-state index is 0. The Labute approximate surface area is 160 Å². The summed E-state index contributed by atoms with van der Waals surface area (Å²) in [6.45, 7) is 2.59. The number of halogens is 1. The molecule has 1 aromatic rings. The topological polar surface area (TPSA) is 91.0 Å². The van der Waals surface area contributed by atoms with E-state index < -0.39 is 10.0 Å². The van der Waals surface area contributed by atoms with Crippen LogP contribution in [-0.2, 0) is 16.6 Å². The van der Waals surface area contributed by atoms with Crippen LogP contribution < -0.4 is 5.32 Å². The predicted octanol–water partition coefficient (Wildman–Crippen LogP) is 0.971. The quantitative estimate of drug-likeness (QED) is 0.391. The molecule has 138 valence electrons. The first-order valence-electron chi connectivity index (χ1n) is 7.66. The average Bonchev–Trinajstić information content (AvgIpc) is 3.00. The second kappa shape index (κ2) is 9.56. The van der Waals surface area contributed by atoms with E-state index in [0.29, 0.717) is 25.6 Å². The van der Waals surface area contributed by atoms with Crippen molar-refractivity contribution in [2.75, 3.05) is 40.0 Å². The number of aromatic nitrogens is 1. The van der Waals surface area contributed by atoms with Crippen LogP contribution >= 0.6 is 24.0 Å². The van der Waals surface area contributed by atoms with E-state index in [4.69, 9.17) is 4.52 Å². The number of aliphatic imine (C=N–C) groups is 1. The molecule has 1 aliphatic heterocycles. The van der Waals surface area contributed by atoms with Crippen molar-refractivity contribution >= 4 is 40.0 Å². The maximum atomic E-state index is 11.5. The fraction of sp³-hybridized carbons (Fsp3) is 0.714. The Kier molecular flexibility index (Phi) is 8.43. The van der Waals surface area contributed by atoms with E-state index in [2.05, 4.69) is 15.5 Å². The summed E-state index contributed by atoms with van der Waals surface area (Å²) in [5.74, 6) is 1.24. The van der Waals surface area contributed by atoms with Crippen molar-refractivity contribution in [2.24, 2.45) is 10.9 Å². The van der Waals surface area contributed by atoms with E-state index >= 15 is 0 Å². The van der Waals surface area contributed by atoms with Gasteiger partial charge < -0.3 is 14.7 Å². The van der Waals surface area contributed by atoms with Gasteiger partial charge in [-0.25, -0.2) is 12.7 Å². The van der Waals surface area contributed by atoms with Crippen molar-refractivity contribution in [3.8, 4) is 0 Å². The van der Waals surface area contributed by atoms with E-state index in [-0.39, 0.29) is 24.0 Å². The van der Waals surface area contributed by atoms with Crippen molar-refractivity contribution in [2.45, 2.75) is 19.4 Å². The highest BCUT2D eigenvalue weighted by Gasteiger charge is 2.25. The molecule has 2 rings (SSSR count). The lowest BCUT2D eigenvalue weighted by Crippen LogP contribution is -2.44. The van der Waals surface area contributed by atoms with Gasteiger partial charge in [-0.1, -0.05) is 5.16 Å². The van der Waals surface area contributed by atoms with Gasteiger partial charge in [0.05, 0.1) is 12.8 Å². The number of hydrogen-bond donors (Lipinski definition) is 1. The van der Waals surface area contributed by atoms with Crippen LogP contribution in [0.15, 0.2) is 21.8 Å². The number of nitrogens with one attached hydrogen (secondary N) is 1. The molecule has 1 N–H and O–H groups in total. The minimum Gasteiger partial charge on any atom is -0.364 e. The van der Waals surface area contributed by atoms with Gasteiger partial charge in [0.2, 0.25) is 10.0 Å². The summed E-state index contributed by atoms with van der Waals surface area (Å²) in [6.07, 6.45) is 4.55. The van der Waals surface area contributed by atoms with Crippen molar-refractivity contribution < 1.29 is 12.9 Å². The SMILES string of the molecule is CN=C(NCC1CCN(S(C)(=O)=O)CC1)N(C)Cc1ccon1.I. The van der Waals surface area contributed by atoms with Crippen molar-refractivity contribution in [1.82, 2.24) is 19.7 Å². The van der Waals surface area contributed by atoms with Crippen LogP contribution in [-0.4, -0.2) is 68.7 Å². The maximum Gasteiger partial charge on any atom is 0.211 e. The molecule has 8 nitrogen and oxygen atoms in total. The summed E-state index contributed by atoms with van der Waals surface area (Å²) in [7, 11) is 0.622. The highest BCUT2D eigenvalue weighted by Crippen LogP contribution is 2.18. The van der Waals surface area contributed by atoms with Crippen molar-refractivity contribution in [3.05, 3.63) is 18.0 Å². The molecule has 0 saturated carbocycles. The largest absolute Gasteiger partial charge is 0.364 e. The average molecular weight is 471 g/mol. The summed E-state index contributed by atoms with van der Waals surface area (Å²) in [4.78, 5) is 6.25. The van der Waals surface area contributed by atoms with Crippen LogP contribution in [0.4, 0.5) is 0 Å². The lowest BCUT2D eigenvalue weighted by Gasteiger charge is -2.31. The zero-order chi connectivity index (χ0) is 16.9. The van der Waals surface area contributed by atoms with Gasteiger partial charge in [0, 0.05) is 39.8 Å². The van der Waals surface area contributed by atoms with Gasteiger partial charge in [0.15, 0.2) is 5.96 Å². The van der Waals surface area contributed by atoms with Gasteiger partial charge in [-0.3, -0.25) is 4.99 Å². The third-order valence-corrected chi connectivity index (χ3v) is 5.36. The zero-order valence-corrected chi connectivity index (χ0v) is 17.5. The molecule has 0 atom stereocenters. The Bertz CT molecular complexity index is 612. The highest BCUT2D eigenvalue weighted by atomic mass is 127. The first-order valence-corrected chi connectivity index (χ1v) is 9.51. The zero-order valence-electron chi connectivity index (χ0n) is 14.3. The molecular weight excluding hydrogens is 445 g/mol. The number of hydrogen-bond acceptors (Lipinski definition) is 5. The molecule has 0 bridgehead atoms. The molecule has 2 heterocycles. The van der Waals surface area contributed by atoms with Crippen LogP contribution in [0.3, 0.4) is 0 Å². The van der Waals surface area contributed by atoms with Crippen LogP contribution in [0.25, 0.3) is 0 Å². The molecule has 0 radical (unpaired) electrons. The number of rotatable bonds is 5. The van der Waals surface area contributed by atoms with E-state index in [1.807, 2.05) is 18.0 Å². The van der Waals surface area contributed by atoms with E-state index in [1.165, 1.54) is 6.26 Å². The van der Waals surface area contributed by atoms with Crippen LogP contribution in [0.2, 0.25) is 0 Å². The third kappa shape index (κ3) is 6.20. The Hall–Kier alpha value is -0.880. The smallest absolute Gasteiger partial charge is 0.211 e. The second-order valence-corrected chi connectivity index (χ2v) is 7.86. The molecule has 1 aromatic heterocycles. The summed E-state index contributed by atoms with van der Waals surface area (Å²) in [5.41, 5.74) is 0.844. The van der Waals surface area contributed by atoms with Gasteiger partial charge in [-0.05, 0) is 18.8 Å². The molecule has 0 aromatic carbocycles. The molecule has 0 aliphatic carbocycles. The number of nitrogens with zero attached hydrogens (tertiary/aromatic N) is 4.